The third kappa shape index (κ3) is 2.86. The number of rotatable bonds is 3. The highest BCUT2D eigenvalue weighted by Gasteiger charge is 2.38. The van der Waals surface area contributed by atoms with Crippen molar-refractivity contribution < 1.29 is 9.53 Å². The van der Waals surface area contributed by atoms with Crippen LogP contribution in [0.3, 0.4) is 0 Å². The molecule has 0 N–H and O–H groups in total. The summed E-state index contributed by atoms with van der Waals surface area (Å²) < 4.78 is 5.04. The van der Waals surface area contributed by atoms with E-state index in [1.54, 1.807) is 0 Å². The van der Waals surface area contributed by atoms with Crippen LogP contribution in [-0.2, 0) is 9.53 Å². The fourth-order valence-electron chi connectivity index (χ4n) is 1.94. The van der Waals surface area contributed by atoms with Crippen LogP contribution >= 0.6 is 0 Å². The molecular weight excluding hydrogens is 194 g/mol. The highest BCUT2D eigenvalue weighted by Crippen LogP contribution is 2.38. The van der Waals surface area contributed by atoms with E-state index in [-0.39, 0.29) is 17.4 Å². The summed E-state index contributed by atoms with van der Waals surface area (Å²) in [5.41, 5.74) is 7.93. The van der Waals surface area contributed by atoms with Gasteiger partial charge in [-0.15, -0.1) is 0 Å². The minimum absolute atomic E-state index is 0.0532. The Bertz CT molecular complexity index is 276. The van der Waals surface area contributed by atoms with Crippen LogP contribution in [0, 0.1) is 5.41 Å². The van der Waals surface area contributed by atoms with Crippen molar-refractivity contribution in [1.82, 2.24) is 0 Å². The van der Waals surface area contributed by atoms with Gasteiger partial charge in [-0.05, 0) is 45.1 Å². The van der Waals surface area contributed by atoms with Gasteiger partial charge in [0.1, 0.15) is 0 Å². The minimum Gasteiger partial charge on any atom is -0.466 e. The second-order valence-corrected chi connectivity index (χ2v) is 4.22. The molecule has 5 nitrogen and oxygen atoms in total. The molecule has 1 rings (SSSR count). The molecule has 0 aromatic carbocycles. The fourth-order valence-corrected chi connectivity index (χ4v) is 1.94. The molecule has 0 saturated heterocycles. The van der Waals surface area contributed by atoms with Gasteiger partial charge in [0.2, 0.25) is 0 Å². The first kappa shape index (κ1) is 11.9. The molecule has 1 saturated carbocycles. The molecule has 0 aliphatic heterocycles. The summed E-state index contributed by atoms with van der Waals surface area (Å²) in [5, 5.41) is 3.68. The quantitative estimate of drug-likeness (QED) is 0.311. The maximum absolute atomic E-state index is 11.7. The highest BCUT2D eigenvalue weighted by molar-refractivity contribution is 5.76. The molecule has 0 amide bonds. The van der Waals surface area contributed by atoms with E-state index in [0.29, 0.717) is 6.61 Å². The first-order valence-corrected chi connectivity index (χ1v) is 5.34. The van der Waals surface area contributed by atoms with Crippen LogP contribution in [0.1, 0.15) is 39.5 Å². The van der Waals surface area contributed by atoms with E-state index in [1.165, 1.54) is 0 Å². The molecule has 0 bridgehead atoms. The Balaban J connectivity index is 2.53. The van der Waals surface area contributed by atoms with E-state index in [1.807, 2.05) is 13.8 Å². The van der Waals surface area contributed by atoms with E-state index in [0.717, 1.165) is 25.7 Å². The Morgan fingerprint density at radius 1 is 1.60 bits per heavy atom. The van der Waals surface area contributed by atoms with Crippen LogP contribution in [0.25, 0.3) is 10.4 Å². The lowest BCUT2D eigenvalue weighted by Crippen LogP contribution is -2.35. The van der Waals surface area contributed by atoms with Gasteiger partial charge in [0.25, 0.3) is 0 Å². The second-order valence-electron chi connectivity index (χ2n) is 4.22. The molecule has 1 aliphatic carbocycles. The van der Waals surface area contributed by atoms with Gasteiger partial charge >= 0.3 is 5.97 Å². The summed E-state index contributed by atoms with van der Waals surface area (Å²) in [6.45, 7) is 4.17. The van der Waals surface area contributed by atoms with Gasteiger partial charge in [-0.1, -0.05) is 5.11 Å². The number of carbonyl (C=O) groups excluding carboxylic acids is 1. The lowest BCUT2D eigenvalue weighted by atomic mass is 9.74. The van der Waals surface area contributed by atoms with Crippen LogP contribution in [0.2, 0.25) is 0 Å². The molecule has 0 radical (unpaired) electrons. The average Bonchev–Trinajstić information content (AvgIpc) is 2.22. The number of carbonyl (C=O) groups is 1. The summed E-state index contributed by atoms with van der Waals surface area (Å²) in [5.74, 6) is -0.121. The molecule has 0 spiro atoms. The summed E-state index contributed by atoms with van der Waals surface area (Å²) in [4.78, 5) is 14.5. The lowest BCUT2D eigenvalue weighted by molar-refractivity contribution is -0.156. The van der Waals surface area contributed by atoms with E-state index >= 15 is 0 Å². The van der Waals surface area contributed by atoms with E-state index in [2.05, 4.69) is 10.0 Å². The molecule has 1 aliphatic rings. The molecular formula is C10H17N3O2. The van der Waals surface area contributed by atoms with Gasteiger partial charge in [-0.2, -0.15) is 0 Å². The van der Waals surface area contributed by atoms with Gasteiger partial charge in [0.05, 0.1) is 12.0 Å². The third-order valence-electron chi connectivity index (χ3n) is 3.04. The smallest absolute Gasteiger partial charge is 0.311 e. The van der Waals surface area contributed by atoms with E-state index in [4.69, 9.17) is 10.3 Å². The Morgan fingerprint density at radius 3 is 2.67 bits per heavy atom. The van der Waals surface area contributed by atoms with E-state index in [9.17, 15) is 4.79 Å². The van der Waals surface area contributed by atoms with E-state index < -0.39 is 0 Å². The number of hydrogen-bond donors (Lipinski definition) is 0. The molecule has 5 heteroatoms. The van der Waals surface area contributed by atoms with Crippen molar-refractivity contribution >= 4 is 5.97 Å². The van der Waals surface area contributed by atoms with Crippen LogP contribution < -0.4 is 0 Å². The van der Waals surface area contributed by atoms with Crippen LogP contribution in [0.5, 0.6) is 0 Å². The Kier molecular flexibility index (Phi) is 3.97. The Labute approximate surface area is 89.4 Å². The highest BCUT2D eigenvalue weighted by atomic mass is 16.5. The van der Waals surface area contributed by atoms with Crippen molar-refractivity contribution in [2.75, 3.05) is 6.61 Å². The monoisotopic (exact) mass is 211 g/mol. The summed E-state index contributed by atoms with van der Waals surface area (Å²) >= 11 is 0. The average molecular weight is 211 g/mol. The maximum Gasteiger partial charge on any atom is 0.311 e. The number of esters is 1. The number of nitrogens with zero attached hydrogens (tertiary/aromatic N) is 3. The number of hydrogen-bond acceptors (Lipinski definition) is 3. The number of azide groups is 1. The fraction of sp³-hybridized carbons (Fsp3) is 0.900. The predicted octanol–water partition coefficient (Wildman–Crippen LogP) is 2.81. The molecule has 15 heavy (non-hydrogen) atoms. The van der Waals surface area contributed by atoms with Gasteiger partial charge in [-0.3, -0.25) is 4.79 Å². The normalized spacial score (nSPS) is 30.4. The van der Waals surface area contributed by atoms with Crippen molar-refractivity contribution in [2.24, 2.45) is 10.5 Å². The molecule has 1 fully saturated rings. The standard InChI is InChI=1S/C10H17N3O2/c1-3-15-9(14)10(2)6-4-8(5-7-10)12-13-11/h8H,3-7H2,1-2H3/t8-,10-. The summed E-state index contributed by atoms with van der Waals surface area (Å²) in [6.07, 6.45) is 3.05. The predicted molar refractivity (Wildman–Crippen MR) is 56.1 cm³/mol. The second kappa shape index (κ2) is 5.03. The van der Waals surface area contributed by atoms with Gasteiger partial charge in [0.15, 0.2) is 0 Å². The third-order valence-corrected chi connectivity index (χ3v) is 3.04. The van der Waals surface area contributed by atoms with Gasteiger partial charge in [-0.25, -0.2) is 0 Å². The van der Waals surface area contributed by atoms with Crippen LogP contribution in [-0.4, -0.2) is 18.6 Å². The molecule has 0 atom stereocenters. The first-order chi connectivity index (χ1) is 7.12. The van der Waals surface area contributed by atoms with Gasteiger partial charge in [0, 0.05) is 11.0 Å². The molecule has 0 aromatic heterocycles. The Hall–Kier alpha value is -1.22. The number of ether oxygens (including phenoxy) is 1. The first-order valence-electron chi connectivity index (χ1n) is 5.34. The van der Waals surface area contributed by atoms with Crippen LogP contribution in [0.4, 0.5) is 0 Å². The SMILES string of the molecule is CCOC(=O)[C@]1(C)CC[C@@H](N=[N+]=[N-])CC1. The zero-order chi connectivity index (χ0) is 11.3. The zero-order valence-corrected chi connectivity index (χ0v) is 9.27. The molecule has 84 valence electrons. The topological polar surface area (TPSA) is 75.1 Å². The molecule has 0 unspecified atom stereocenters. The summed E-state index contributed by atoms with van der Waals surface area (Å²) in [7, 11) is 0. The van der Waals surface area contributed by atoms with Crippen molar-refractivity contribution in [3.8, 4) is 0 Å². The molecule has 0 aromatic rings. The molecule has 0 heterocycles. The van der Waals surface area contributed by atoms with Crippen molar-refractivity contribution in [1.29, 1.82) is 0 Å². The summed E-state index contributed by atoms with van der Waals surface area (Å²) in [6, 6.07) is 0.0532. The minimum atomic E-state index is -0.377. The lowest BCUT2D eigenvalue weighted by Gasteiger charge is -2.33. The van der Waals surface area contributed by atoms with Crippen LogP contribution in [0.15, 0.2) is 5.11 Å². The largest absolute Gasteiger partial charge is 0.466 e. The van der Waals surface area contributed by atoms with Gasteiger partial charge < -0.3 is 4.74 Å². The maximum atomic E-state index is 11.7. The van der Waals surface area contributed by atoms with Crippen molar-refractivity contribution in [3.63, 3.8) is 0 Å². The Morgan fingerprint density at radius 2 is 2.20 bits per heavy atom. The zero-order valence-electron chi connectivity index (χ0n) is 9.27. The van der Waals surface area contributed by atoms with Crippen molar-refractivity contribution in [3.05, 3.63) is 10.4 Å². The van der Waals surface area contributed by atoms with Crippen molar-refractivity contribution in [2.45, 2.75) is 45.6 Å².